The number of aliphatic hydroxyl groups excluding tert-OH is 1. The Morgan fingerprint density at radius 3 is 2.45 bits per heavy atom. The molecule has 0 saturated heterocycles. The first kappa shape index (κ1) is 18.9. The molecule has 1 amide bonds. The van der Waals surface area contributed by atoms with E-state index in [1.165, 1.54) is 32.1 Å². The summed E-state index contributed by atoms with van der Waals surface area (Å²) >= 11 is 0. The van der Waals surface area contributed by atoms with Gasteiger partial charge in [-0.1, -0.05) is 25.7 Å². The van der Waals surface area contributed by atoms with Crippen LogP contribution in [0.4, 0.5) is 0 Å². The Balaban J connectivity index is 1.94. The van der Waals surface area contributed by atoms with Crippen molar-refractivity contribution in [2.75, 3.05) is 19.8 Å². The zero-order valence-electron chi connectivity index (χ0n) is 13.6. The molecule has 5 heteroatoms. The number of carbonyl (C=O) groups is 2. The van der Waals surface area contributed by atoms with Crippen molar-refractivity contribution < 1.29 is 19.4 Å². The Bertz CT molecular complexity index is 314. The fraction of sp³-hybridized carbons (Fsp3) is 0.882. The maximum atomic E-state index is 11.7. The fourth-order valence-electron chi connectivity index (χ4n) is 2.78. The number of hydrogen-bond donors (Lipinski definition) is 2. The molecule has 2 N–H and O–H groups in total. The summed E-state index contributed by atoms with van der Waals surface area (Å²) in [4.78, 5) is 23.2. The summed E-state index contributed by atoms with van der Waals surface area (Å²) in [5.74, 6) is 0.268. The second-order valence-electron chi connectivity index (χ2n) is 6.17. The van der Waals surface area contributed by atoms with E-state index in [-0.39, 0.29) is 31.3 Å². The first-order valence-corrected chi connectivity index (χ1v) is 8.75. The maximum Gasteiger partial charge on any atom is 0.306 e. The zero-order chi connectivity index (χ0) is 16.0. The van der Waals surface area contributed by atoms with Crippen LogP contribution in [0.3, 0.4) is 0 Å². The molecule has 0 aromatic heterocycles. The number of nitrogens with one attached hydrogen (secondary N) is 1. The molecule has 0 atom stereocenters. The summed E-state index contributed by atoms with van der Waals surface area (Å²) in [6.45, 7) is 1.38. The summed E-state index contributed by atoms with van der Waals surface area (Å²) in [7, 11) is 0. The third-order valence-electron chi connectivity index (χ3n) is 4.18. The molecule has 5 nitrogen and oxygen atoms in total. The van der Waals surface area contributed by atoms with Gasteiger partial charge in [-0.05, 0) is 38.0 Å². The lowest BCUT2D eigenvalue weighted by Crippen LogP contribution is -2.30. The molecule has 1 saturated carbocycles. The zero-order valence-corrected chi connectivity index (χ0v) is 13.6. The van der Waals surface area contributed by atoms with Crippen LogP contribution in [0.1, 0.15) is 70.6 Å². The van der Waals surface area contributed by atoms with Gasteiger partial charge >= 0.3 is 5.97 Å². The van der Waals surface area contributed by atoms with Gasteiger partial charge in [0, 0.05) is 19.6 Å². The van der Waals surface area contributed by atoms with Crippen molar-refractivity contribution in [1.82, 2.24) is 5.32 Å². The van der Waals surface area contributed by atoms with Gasteiger partial charge in [0.05, 0.1) is 13.0 Å². The molecule has 0 spiro atoms. The van der Waals surface area contributed by atoms with Crippen molar-refractivity contribution in [3.8, 4) is 0 Å². The predicted octanol–water partition coefficient (Wildman–Crippen LogP) is 2.56. The molecule has 1 fully saturated rings. The van der Waals surface area contributed by atoms with E-state index in [0.29, 0.717) is 12.5 Å². The number of unbranched alkanes of at least 4 members (excludes halogenated alkanes) is 3. The van der Waals surface area contributed by atoms with Crippen molar-refractivity contribution in [2.45, 2.75) is 70.6 Å². The van der Waals surface area contributed by atoms with E-state index in [2.05, 4.69) is 5.32 Å². The predicted molar refractivity (Wildman–Crippen MR) is 85.3 cm³/mol. The first-order chi connectivity index (χ1) is 10.7. The minimum atomic E-state index is -0.296. The molecule has 1 aliphatic carbocycles. The van der Waals surface area contributed by atoms with Crippen molar-refractivity contribution in [3.05, 3.63) is 0 Å². The summed E-state index contributed by atoms with van der Waals surface area (Å²) in [6.07, 6.45) is 10.2. The Kier molecular flexibility index (Phi) is 10.7. The highest BCUT2D eigenvalue weighted by Crippen LogP contribution is 2.22. The van der Waals surface area contributed by atoms with Crippen LogP contribution in [0.2, 0.25) is 0 Å². The Morgan fingerprint density at radius 1 is 1.00 bits per heavy atom. The lowest BCUT2D eigenvalue weighted by Gasteiger charge is -2.21. The number of amides is 1. The van der Waals surface area contributed by atoms with E-state index < -0.39 is 0 Å². The highest BCUT2D eigenvalue weighted by molar-refractivity contribution is 5.81. The average Bonchev–Trinajstić information content (AvgIpc) is 2.55. The van der Waals surface area contributed by atoms with Gasteiger partial charge in [0.15, 0.2) is 0 Å². The summed E-state index contributed by atoms with van der Waals surface area (Å²) in [5, 5.41) is 11.6. The van der Waals surface area contributed by atoms with Crippen molar-refractivity contribution >= 4 is 11.9 Å². The average molecular weight is 313 g/mol. The lowest BCUT2D eigenvalue weighted by atomic mass is 9.89. The number of hydrogen-bond acceptors (Lipinski definition) is 4. The molecular formula is C17H31NO4. The third-order valence-corrected chi connectivity index (χ3v) is 4.18. The van der Waals surface area contributed by atoms with Crippen LogP contribution in [0, 0.1) is 5.92 Å². The van der Waals surface area contributed by atoms with Crippen molar-refractivity contribution in [3.63, 3.8) is 0 Å². The smallest absolute Gasteiger partial charge is 0.306 e. The Hall–Kier alpha value is -1.10. The van der Waals surface area contributed by atoms with Gasteiger partial charge in [-0.3, -0.25) is 9.59 Å². The molecule has 1 rings (SSSR count). The lowest BCUT2D eigenvalue weighted by molar-refractivity contribution is -0.145. The van der Waals surface area contributed by atoms with Crippen LogP contribution in [0.5, 0.6) is 0 Å². The number of esters is 1. The molecule has 0 bridgehead atoms. The van der Waals surface area contributed by atoms with Gasteiger partial charge in [-0.2, -0.15) is 0 Å². The maximum absolute atomic E-state index is 11.7. The number of ether oxygens (including phenoxy) is 1. The van der Waals surface area contributed by atoms with Gasteiger partial charge in [-0.15, -0.1) is 0 Å². The molecule has 1 aliphatic rings. The van der Waals surface area contributed by atoms with Crippen LogP contribution in [0.15, 0.2) is 0 Å². The monoisotopic (exact) mass is 313 g/mol. The quantitative estimate of drug-likeness (QED) is 0.454. The standard InChI is InChI=1S/C17H31NO4/c19-12-6-1-2-7-13-22-17(21)11-10-16(20)18-14-15-8-4-3-5-9-15/h15,19H,1-14H2,(H,18,20). The van der Waals surface area contributed by atoms with Gasteiger partial charge in [0.25, 0.3) is 0 Å². The third kappa shape index (κ3) is 9.77. The van der Waals surface area contributed by atoms with Crippen molar-refractivity contribution in [2.24, 2.45) is 5.92 Å². The first-order valence-electron chi connectivity index (χ1n) is 8.75. The van der Waals surface area contributed by atoms with Crippen LogP contribution < -0.4 is 5.32 Å². The molecule has 0 unspecified atom stereocenters. The molecule has 0 aromatic rings. The molecule has 0 radical (unpaired) electrons. The number of carbonyl (C=O) groups excluding carboxylic acids is 2. The fourth-order valence-corrected chi connectivity index (χ4v) is 2.78. The van der Waals surface area contributed by atoms with E-state index >= 15 is 0 Å². The highest BCUT2D eigenvalue weighted by Gasteiger charge is 2.14. The van der Waals surface area contributed by atoms with Crippen LogP contribution in [-0.4, -0.2) is 36.7 Å². The van der Waals surface area contributed by atoms with Gasteiger partial charge in [0.2, 0.25) is 5.91 Å². The molecule has 0 aromatic carbocycles. The largest absolute Gasteiger partial charge is 0.466 e. The van der Waals surface area contributed by atoms with E-state index in [4.69, 9.17) is 9.84 Å². The van der Waals surface area contributed by atoms with E-state index in [0.717, 1.165) is 32.2 Å². The summed E-state index contributed by atoms with van der Waals surface area (Å²) in [6, 6.07) is 0. The summed E-state index contributed by atoms with van der Waals surface area (Å²) < 4.78 is 5.09. The van der Waals surface area contributed by atoms with Crippen LogP contribution in [-0.2, 0) is 14.3 Å². The minimum Gasteiger partial charge on any atom is -0.466 e. The van der Waals surface area contributed by atoms with Crippen molar-refractivity contribution in [1.29, 1.82) is 0 Å². The van der Waals surface area contributed by atoms with Gasteiger partial charge in [-0.25, -0.2) is 0 Å². The summed E-state index contributed by atoms with van der Waals surface area (Å²) in [5.41, 5.74) is 0. The molecule has 22 heavy (non-hydrogen) atoms. The molecule has 0 heterocycles. The number of rotatable bonds is 11. The topological polar surface area (TPSA) is 75.6 Å². The Morgan fingerprint density at radius 2 is 1.73 bits per heavy atom. The minimum absolute atomic E-state index is 0.0505. The molecule has 128 valence electrons. The van der Waals surface area contributed by atoms with Crippen LogP contribution in [0.25, 0.3) is 0 Å². The normalized spacial score (nSPS) is 15.5. The molecule has 0 aliphatic heterocycles. The van der Waals surface area contributed by atoms with E-state index in [1.54, 1.807) is 0 Å². The second kappa shape index (κ2) is 12.4. The molecular weight excluding hydrogens is 282 g/mol. The van der Waals surface area contributed by atoms with Crippen LogP contribution >= 0.6 is 0 Å². The Labute approximate surface area is 133 Å². The van der Waals surface area contributed by atoms with Gasteiger partial charge < -0.3 is 15.2 Å². The second-order valence-corrected chi connectivity index (χ2v) is 6.17. The van der Waals surface area contributed by atoms with E-state index in [9.17, 15) is 9.59 Å². The highest BCUT2D eigenvalue weighted by atomic mass is 16.5. The van der Waals surface area contributed by atoms with E-state index in [1.807, 2.05) is 0 Å². The SMILES string of the molecule is O=C(CCC(=O)OCCCCCCO)NCC1CCCCC1. The van der Waals surface area contributed by atoms with Gasteiger partial charge in [0.1, 0.15) is 0 Å². The number of aliphatic hydroxyl groups is 1.